The van der Waals surface area contributed by atoms with Crippen molar-refractivity contribution in [2.45, 2.75) is 20.3 Å². The molecule has 4 nitrogen and oxygen atoms in total. The zero-order valence-electron chi connectivity index (χ0n) is 8.99. The van der Waals surface area contributed by atoms with Crippen molar-refractivity contribution >= 4 is 10.0 Å². The Hall–Kier alpha value is -0.130. The Morgan fingerprint density at radius 3 is 2.71 bits per heavy atom. The van der Waals surface area contributed by atoms with Crippen molar-refractivity contribution in [3.05, 3.63) is 0 Å². The van der Waals surface area contributed by atoms with Crippen molar-refractivity contribution in [3.8, 4) is 0 Å². The molecular weight excluding hydrogens is 200 g/mol. The molecule has 0 aromatic heterocycles. The van der Waals surface area contributed by atoms with Gasteiger partial charge in [0.1, 0.15) is 0 Å². The summed E-state index contributed by atoms with van der Waals surface area (Å²) in [5.41, 5.74) is 0. The first kappa shape index (κ1) is 11.9. The van der Waals surface area contributed by atoms with Crippen LogP contribution in [-0.2, 0) is 10.0 Å². The summed E-state index contributed by atoms with van der Waals surface area (Å²) in [4.78, 5) is 2.33. The molecule has 0 atom stereocenters. The van der Waals surface area contributed by atoms with Crippen molar-refractivity contribution in [1.82, 2.24) is 9.62 Å². The van der Waals surface area contributed by atoms with Crippen LogP contribution in [0.15, 0.2) is 0 Å². The van der Waals surface area contributed by atoms with Gasteiger partial charge in [-0.3, -0.25) is 0 Å². The van der Waals surface area contributed by atoms with Crippen molar-refractivity contribution < 1.29 is 8.42 Å². The zero-order chi connectivity index (χ0) is 10.6. The third-order valence-electron chi connectivity index (χ3n) is 2.26. The van der Waals surface area contributed by atoms with Crippen LogP contribution in [0.5, 0.6) is 0 Å². The lowest BCUT2D eigenvalue weighted by atomic mass is 10.2. The van der Waals surface area contributed by atoms with E-state index in [0.29, 0.717) is 12.5 Å². The monoisotopic (exact) mass is 220 g/mol. The summed E-state index contributed by atoms with van der Waals surface area (Å²) in [7, 11) is -2.97. The molecule has 1 rings (SSSR count). The Morgan fingerprint density at radius 1 is 1.36 bits per heavy atom. The first-order valence-corrected chi connectivity index (χ1v) is 6.84. The Kier molecular flexibility index (Phi) is 4.34. The second-order valence-corrected chi connectivity index (χ2v) is 6.19. The topological polar surface area (TPSA) is 49.4 Å². The third-order valence-corrected chi connectivity index (χ3v) is 3.73. The Bertz CT molecular complexity index is 246. The van der Waals surface area contributed by atoms with Gasteiger partial charge in [0.15, 0.2) is 0 Å². The van der Waals surface area contributed by atoms with Crippen LogP contribution >= 0.6 is 0 Å². The number of rotatable bonds is 2. The van der Waals surface area contributed by atoms with Gasteiger partial charge < -0.3 is 4.90 Å². The fourth-order valence-corrected chi connectivity index (χ4v) is 2.78. The van der Waals surface area contributed by atoms with Crippen LogP contribution in [0.3, 0.4) is 0 Å². The van der Waals surface area contributed by atoms with Gasteiger partial charge in [-0.15, -0.1) is 0 Å². The van der Waals surface area contributed by atoms with E-state index in [2.05, 4.69) is 23.5 Å². The third kappa shape index (κ3) is 4.39. The quantitative estimate of drug-likeness (QED) is 0.726. The Labute approximate surface area is 86.7 Å². The van der Waals surface area contributed by atoms with E-state index in [9.17, 15) is 8.42 Å². The molecule has 0 radical (unpaired) electrons. The van der Waals surface area contributed by atoms with E-state index in [1.165, 1.54) is 0 Å². The lowest BCUT2D eigenvalue weighted by Gasteiger charge is -2.26. The SMILES string of the molecule is CC(C)CN1CCCS(=O)(=O)NCC1. The van der Waals surface area contributed by atoms with Gasteiger partial charge in [-0.05, 0) is 18.9 Å². The number of nitrogens with one attached hydrogen (secondary N) is 1. The van der Waals surface area contributed by atoms with Crippen molar-refractivity contribution in [2.24, 2.45) is 5.92 Å². The van der Waals surface area contributed by atoms with Crippen LogP contribution in [-0.4, -0.2) is 45.2 Å². The van der Waals surface area contributed by atoms with Gasteiger partial charge in [-0.2, -0.15) is 0 Å². The van der Waals surface area contributed by atoms with Crippen molar-refractivity contribution in [1.29, 1.82) is 0 Å². The molecule has 0 bridgehead atoms. The normalized spacial score (nSPS) is 24.5. The molecule has 84 valence electrons. The van der Waals surface area contributed by atoms with Crippen LogP contribution in [0.1, 0.15) is 20.3 Å². The zero-order valence-corrected chi connectivity index (χ0v) is 9.81. The van der Waals surface area contributed by atoms with Crippen LogP contribution in [0.4, 0.5) is 0 Å². The maximum absolute atomic E-state index is 11.2. The van der Waals surface area contributed by atoms with Gasteiger partial charge in [0.25, 0.3) is 0 Å². The molecule has 0 aliphatic carbocycles. The van der Waals surface area contributed by atoms with Gasteiger partial charge in [-0.25, -0.2) is 13.1 Å². The fraction of sp³-hybridized carbons (Fsp3) is 1.00. The largest absolute Gasteiger partial charge is 0.302 e. The summed E-state index contributed by atoms with van der Waals surface area (Å²) in [6, 6.07) is 0. The second kappa shape index (κ2) is 5.09. The minimum absolute atomic E-state index is 0.265. The number of hydrogen-bond acceptors (Lipinski definition) is 3. The average molecular weight is 220 g/mol. The van der Waals surface area contributed by atoms with E-state index in [0.717, 1.165) is 26.1 Å². The van der Waals surface area contributed by atoms with E-state index >= 15 is 0 Å². The molecule has 5 heteroatoms. The average Bonchev–Trinajstić information content (AvgIpc) is 1.99. The summed E-state index contributed by atoms with van der Waals surface area (Å²) in [5, 5.41) is 0. The Balaban J connectivity index is 2.40. The van der Waals surface area contributed by atoms with E-state index in [4.69, 9.17) is 0 Å². The molecule has 1 fully saturated rings. The molecule has 1 saturated heterocycles. The number of hydrogen-bond donors (Lipinski definition) is 1. The van der Waals surface area contributed by atoms with E-state index < -0.39 is 10.0 Å². The summed E-state index contributed by atoms with van der Waals surface area (Å²) in [6.45, 7) is 7.71. The molecule has 0 saturated carbocycles. The molecule has 1 N–H and O–H groups in total. The molecule has 1 heterocycles. The number of nitrogens with zero attached hydrogens (tertiary/aromatic N) is 1. The van der Waals surface area contributed by atoms with Gasteiger partial charge in [0, 0.05) is 19.6 Å². The maximum atomic E-state index is 11.2. The van der Waals surface area contributed by atoms with E-state index in [-0.39, 0.29) is 5.75 Å². The lowest BCUT2D eigenvalue weighted by Crippen LogP contribution is -2.41. The summed E-state index contributed by atoms with van der Waals surface area (Å²) < 4.78 is 25.0. The first-order valence-electron chi connectivity index (χ1n) is 5.19. The highest BCUT2D eigenvalue weighted by Gasteiger charge is 2.16. The van der Waals surface area contributed by atoms with E-state index in [1.54, 1.807) is 0 Å². The molecular formula is C9H20N2O2S. The smallest absolute Gasteiger partial charge is 0.211 e. The highest BCUT2D eigenvalue weighted by molar-refractivity contribution is 7.89. The first-order chi connectivity index (χ1) is 6.49. The highest BCUT2D eigenvalue weighted by Crippen LogP contribution is 2.03. The standard InChI is InChI=1S/C9H20N2O2S/c1-9(2)8-11-5-3-7-14(12,13)10-4-6-11/h9-10H,3-8H2,1-2H3. The van der Waals surface area contributed by atoms with Gasteiger partial charge in [0.05, 0.1) is 5.75 Å². The maximum Gasteiger partial charge on any atom is 0.211 e. The van der Waals surface area contributed by atoms with Gasteiger partial charge in [-0.1, -0.05) is 13.8 Å². The minimum Gasteiger partial charge on any atom is -0.302 e. The van der Waals surface area contributed by atoms with Crippen molar-refractivity contribution in [3.63, 3.8) is 0 Å². The minimum atomic E-state index is -2.97. The molecule has 0 unspecified atom stereocenters. The molecule has 0 aromatic rings. The van der Waals surface area contributed by atoms with Crippen LogP contribution in [0, 0.1) is 5.92 Å². The molecule has 0 amide bonds. The second-order valence-electron chi connectivity index (χ2n) is 4.26. The van der Waals surface area contributed by atoms with Crippen LogP contribution in [0.2, 0.25) is 0 Å². The van der Waals surface area contributed by atoms with Crippen LogP contribution in [0.25, 0.3) is 0 Å². The summed E-state index contributed by atoms with van der Waals surface area (Å²) in [6.07, 6.45) is 0.738. The molecule has 14 heavy (non-hydrogen) atoms. The molecule has 0 spiro atoms. The van der Waals surface area contributed by atoms with Crippen LogP contribution < -0.4 is 4.72 Å². The summed E-state index contributed by atoms with van der Waals surface area (Å²) >= 11 is 0. The van der Waals surface area contributed by atoms with Crippen molar-refractivity contribution in [2.75, 3.05) is 31.9 Å². The summed E-state index contributed by atoms with van der Waals surface area (Å²) in [5.74, 6) is 0.910. The Morgan fingerprint density at radius 2 is 2.07 bits per heavy atom. The van der Waals surface area contributed by atoms with Gasteiger partial charge >= 0.3 is 0 Å². The highest BCUT2D eigenvalue weighted by atomic mass is 32.2. The predicted molar refractivity (Wildman–Crippen MR) is 57.7 cm³/mol. The molecule has 0 aromatic carbocycles. The predicted octanol–water partition coefficient (Wildman–Crippen LogP) is 0.267. The fourth-order valence-electron chi connectivity index (χ4n) is 1.72. The number of sulfonamides is 1. The van der Waals surface area contributed by atoms with Gasteiger partial charge in [0.2, 0.25) is 10.0 Å². The molecule has 1 aliphatic rings. The van der Waals surface area contributed by atoms with E-state index in [1.807, 2.05) is 0 Å². The lowest BCUT2D eigenvalue weighted by molar-refractivity contribution is 0.246. The molecule has 1 aliphatic heterocycles.